The summed E-state index contributed by atoms with van der Waals surface area (Å²) < 4.78 is 0. The Morgan fingerprint density at radius 1 is 1.28 bits per heavy atom. The summed E-state index contributed by atoms with van der Waals surface area (Å²) >= 11 is 6.05. The molecular weight excluding hydrogens is 390 g/mol. The second kappa shape index (κ2) is 8.10. The van der Waals surface area contributed by atoms with Crippen molar-refractivity contribution in [2.75, 3.05) is 11.9 Å². The van der Waals surface area contributed by atoms with E-state index in [4.69, 9.17) is 11.6 Å². The van der Waals surface area contributed by atoms with Crippen LogP contribution >= 0.6 is 11.6 Å². The van der Waals surface area contributed by atoms with Gasteiger partial charge in [0.05, 0.1) is 23.7 Å². The zero-order valence-corrected chi connectivity index (χ0v) is 16.8. The van der Waals surface area contributed by atoms with E-state index in [1.54, 1.807) is 13.1 Å². The van der Waals surface area contributed by atoms with E-state index in [1.165, 1.54) is 22.8 Å². The highest BCUT2D eigenvalue weighted by atomic mass is 35.5. The van der Waals surface area contributed by atoms with Gasteiger partial charge < -0.3 is 10.6 Å². The highest BCUT2D eigenvalue weighted by molar-refractivity contribution is 6.34. The second-order valence-corrected chi connectivity index (χ2v) is 7.26. The van der Waals surface area contributed by atoms with Gasteiger partial charge >= 0.3 is 0 Å². The third-order valence-corrected chi connectivity index (χ3v) is 5.15. The molecule has 1 aliphatic rings. The van der Waals surface area contributed by atoms with Crippen LogP contribution in [0.5, 0.6) is 0 Å². The molecule has 0 bridgehead atoms. The van der Waals surface area contributed by atoms with Crippen LogP contribution in [-0.4, -0.2) is 37.6 Å². The molecule has 0 radical (unpaired) electrons. The van der Waals surface area contributed by atoms with Gasteiger partial charge in [-0.1, -0.05) is 29.3 Å². The minimum Gasteiger partial charge on any atom is -0.322 e. The number of anilines is 1. The lowest BCUT2D eigenvalue weighted by Gasteiger charge is -2.27. The predicted octanol–water partition coefficient (Wildman–Crippen LogP) is 3.02. The van der Waals surface area contributed by atoms with Crippen LogP contribution in [0.2, 0.25) is 5.02 Å². The molecule has 1 aliphatic heterocycles. The number of nitrogens with one attached hydrogen (secondary N) is 2. The summed E-state index contributed by atoms with van der Waals surface area (Å²) in [6.45, 7) is 2.99. The van der Waals surface area contributed by atoms with E-state index in [9.17, 15) is 4.79 Å². The average molecular weight is 410 g/mol. The number of aryl methyl sites for hydroxylation is 1. The van der Waals surface area contributed by atoms with Crippen LogP contribution in [0.15, 0.2) is 48.3 Å². The molecule has 29 heavy (non-hydrogen) atoms. The van der Waals surface area contributed by atoms with Crippen LogP contribution in [0, 0.1) is 0 Å². The molecule has 8 nitrogen and oxygen atoms in total. The third-order valence-electron chi connectivity index (χ3n) is 4.85. The Balaban J connectivity index is 1.58. The number of hydrogen-bond acceptors (Lipinski definition) is 6. The number of rotatable bonds is 4. The summed E-state index contributed by atoms with van der Waals surface area (Å²) in [6.07, 6.45) is 3.94. The molecule has 3 aromatic rings. The Bertz CT molecular complexity index is 1070. The SMILES string of the molecule is CC1=C(c2ccc(NC(=O)c3ccncc3Cl)cc2)C(c2nnn(C)n2)NCC1. The maximum atomic E-state index is 12.4. The van der Waals surface area contributed by atoms with E-state index in [0.29, 0.717) is 22.1 Å². The van der Waals surface area contributed by atoms with Crippen molar-refractivity contribution >= 4 is 28.8 Å². The van der Waals surface area contributed by atoms with Crippen molar-refractivity contribution in [3.63, 3.8) is 0 Å². The van der Waals surface area contributed by atoms with Gasteiger partial charge in [0.1, 0.15) is 0 Å². The van der Waals surface area contributed by atoms with Gasteiger partial charge in [0.15, 0.2) is 5.82 Å². The first-order valence-electron chi connectivity index (χ1n) is 9.21. The second-order valence-electron chi connectivity index (χ2n) is 6.86. The molecule has 0 spiro atoms. The van der Waals surface area contributed by atoms with Crippen molar-refractivity contribution in [1.82, 2.24) is 30.5 Å². The summed E-state index contributed by atoms with van der Waals surface area (Å²) in [5.41, 5.74) is 4.53. The van der Waals surface area contributed by atoms with E-state index in [0.717, 1.165) is 24.1 Å². The van der Waals surface area contributed by atoms with Crippen molar-refractivity contribution in [3.8, 4) is 0 Å². The van der Waals surface area contributed by atoms with Gasteiger partial charge in [-0.25, -0.2) is 0 Å². The molecular formula is C20H20ClN7O. The molecule has 1 aromatic carbocycles. The van der Waals surface area contributed by atoms with Crippen LogP contribution in [0.1, 0.15) is 41.1 Å². The summed E-state index contributed by atoms with van der Waals surface area (Å²) in [6, 6.07) is 9.19. The van der Waals surface area contributed by atoms with Crippen molar-refractivity contribution in [1.29, 1.82) is 0 Å². The Labute approximate surface area is 173 Å². The lowest BCUT2D eigenvalue weighted by atomic mass is 9.89. The largest absolute Gasteiger partial charge is 0.322 e. The zero-order valence-electron chi connectivity index (χ0n) is 16.1. The Morgan fingerprint density at radius 2 is 2.07 bits per heavy atom. The van der Waals surface area contributed by atoms with Gasteiger partial charge in [-0.15, -0.1) is 10.2 Å². The monoisotopic (exact) mass is 409 g/mol. The van der Waals surface area contributed by atoms with E-state index < -0.39 is 0 Å². The number of tetrazole rings is 1. The maximum absolute atomic E-state index is 12.4. The zero-order chi connectivity index (χ0) is 20.4. The number of carbonyl (C=O) groups excluding carboxylic acids is 1. The smallest absolute Gasteiger partial charge is 0.257 e. The number of hydrogen-bond donors (Lipinski definition) is 2. The topological polar surface area (TPSA) is 97.6 Å². The number of halogens is 1. The third kappa shape index (κ3) is 4.03. The molecule has 1 unspecified atom stereocenters. The van der Waals surface area contributed by atoms with Crippen molar-refractivity contribution in [3.05, 3.63) is 70.3 Å². The molecule has 3 heterocycles. The molecule has 9 heteroatoms. The molecule has 0 fully saturated rings. The number of nitrogens with zero attached hydrogens (tertiary/aromatic N) is 5. The maximum Gasteiger partial charge on any atom is 0.257 e. The minimum absolute atomic E-state index is 0.117. The van der Waals surface area contributed by atoms with Crippen LogP contribution in [0.4, 0.5) is 5.69 Å². The number of benzene rings is 1. The van der Waals surface area contributed by atoms with Crippen LogP contribution in [0.25, 0.3) is 5.57 Å². The number of aromatic nitrogens is 5. The summed E-state index contributed by atoms with van der Waals surface area (Å²) in [7, 11) is 1.75. The Hall–Kier alpha value is -3.10. The number of amides is 1. The van der Waals surface area contributed by atoms with Gasteiger partial charge in [-0.2, -0.15) is 4.80 Å². The molecule has 2 aromatic heterocycles. The van der Waals surface area contributed by atoms with E-state index in [1.807, 2.05) is 24.3 Å². The van der Waals surface area contributed by atoms with Gasteiger partial charge in [-0.05, 0) is 54.4 Å². The van der Waals surface area contributed by atoms with Gasteiger partial charge in [0, 0.05) is 18.1 Å². The lowest BCUT2D eigenvalue weighted by Crippen LogP contribution is -2.29. The van der Waals surface area contributed by atoms with Crippen LogP contribution in [0.3, 0.4) is 0 Å². The lowest BCUT2D eigenvalue weighted by molar-refractivity contribution is 0.102. The number of pyridine rings is 1. The fourth-order valence-corrected chi connectivity index (χ4v) is 3.63. The fourth-order valence-electron chi connectivity index (χ4n) is 3.43. The predicted molar refractivity (Wildman–Crippen MR) is 110 cm³/mol. The molecule has 4 rings (SSSR count). The molecule has 0 saturated heterocycles. The normalized spacial score (nSPS) is 16.7. The molecule has 1 amide bonds. The van der Waals surface area contributed by atoms with Gasteiger partial charge in [-0.3, -0.25) is 9.78 Å². The summed E-state index contributed by atoms with van der Waals surface area (Å²) in [4.78, 5) is 17.8. The Morgan fingerprint density at radius 3 is 2.76 bits per heavy atom. The van der Waals surface area contributed by atoms with Crippen LogP contribution in [-0.2, 0) is 7.05 Å². The van der Waals surface area contributed by atoms with Crippen molar-refractivity contribution in [2.45, 2.75) is 19.4 Å². The number of carbonyl (C=O) groups is 1. The average Bonchev–Trinajstić information content (AvgIpc) is 3.15. The highest BCUT2D eigenvalue weighted by Gasteiger charge is 2.27. The first-order valence-corrected chi connectivity index (χ1v) is 9.59. The first kappa shape index (κ1) is 19.2. The molecule has 2 N–H and O–H groups in total. The molecule has 1 atom stereocenters. The van der Waals surface area contributed by atoms with Crippen LogP contribution < -0.4 is 10.6 Å². The van der Waals surface area contributed by atoms with Crippen molar-refractivity contribution in [2.24, 2.45) is 7.05 Å². The molecule has 148 valence electrons. The molecule has 0 saturated carbocycles. The van der Waals surface area contributed by atoms with E-state index in [2.05, 4.69) is 38.0 Å². The first-order chi connectivity index (χ1) is 14.0. The van der Waals surface area contributed by atoms with Crippen molar-refractivity contribution < 1.29 is 4.79 Å². The summed E-state index contributed by atoms with van der Waals surface area (Å²) in [5.74, 6) is 0.368. The van der Waals surface area contributed by atoms with Gasteiger partial charge in [0.2, 0.25) is 0 Å². The highest BCUT2D eigenvalue weighted by Crippen LogP contribution is 2.35. The minimum atomic E-state index is -0.276. The standard InChI is InChI=1S/C20H20ClN7O/c1-12-7-10-23-18(19-25-27-28(2)26-19)17(12)13-3-5-14(6-4-13)24-20(29)15-8-9-22-11-16(15)21/h3-6,8-9,11,18,23H,7,10H2,1-2H3,(H,24,29). The van der Waals surface area contributed by atoms with E-state index >= 15 is 0 Å². The van der Waals surface area contributed by atoms with E-state index in [-0.39, 0.29) is 11.9 Å². The molecule has 0 aliphatic carbocycles. The quantitative estimate of drug-likeness (QED) is 0.687. The Kier molecular flexibility index (Phi) is 5.37. The fraction of sp³-hybridized carbons (Fsp3) is 0.250. The summed E-state index contributed by atoms with van der Waals surface area (Å²) in [5, 5.41) is 19.2. The van der Waals surface area contributed by atoms with Gasteiger partial charge in [0.25, 0.3) is 5.91 Å².